The second-order valence-corrected chi connectivity index (χ2v) is 10.3. The van der Waals surface area contributed by atoms with Crippen molar-refractivity contribution in [2.24, 2.45) is 5.10 Å². The van der Waals surface area contributed by atoms with Gasteiger partial charge in [-0.25, -0.2) is 18.4 Å². The van der Waals surface area contributed by atoms with Crippen LogP contribution in [0.2, 0.25) is 0 Å². The molecule has 3 heterocycles. The van der Waals surface area contributed by atoms with Gasteiger partial charge in [-0.3, -0.25) is 9.59 Å². The second-order valence-electron chi connectivity index (χ2n) is 6.81. The number of nitrogens with zero attached hydrogens (tertiary/aromatic N) is 3. The zero-order valence-corrected chi connectivity index (χ0v) is 17.2. The summed E-state index contributed by atoms with van der Waals surface area (Å²) in [6.45, 7) is 4.56. The minimum atomic E-state index is -3.12. The molecule has 2 aliphatic heterocycles. The molecule has 1 aromatic heterocycles. The van der Waals surface area contributed by atoms with Crippen LogP contribution < -0.4 is 5.32 Å². The molecule has 0 aliphatic carbocycles. The molecule has 0 saturated carbocycles. The molecule has 3 rings (SSSR count). The van der Waals surface area contributed by atoms with E-state index in [1.807, 2.05) is 6.92 Å². The molecule has 2 aliphatic rings. The summed E-state index contributed by atoms with van der Waals surface area (Å²) in [6.07, 6.45) is 2.36. The molecule has 0 spiro atoms. The van der Waals surface area contributed by atoms with Crippen LogP contribution in [-0.4, -0.2) is 60.0 Å². The van der Waals surface area contributed by atoms with Crippen LogP contribution in [0.15, 0.2) is 5.10 Å². The number of hydrogen-bond acceptors (Lipinski definition) is 7. The number of hydrazone groups is 1. The van der Waals surface area contributed by atoms with Crippen LogP contribution in [0.5, 0.6) is 0 Å². The Morgan fingerprint density at radius 2 is 2.15 bits per heavy atom. The van der Waals surface area contributed by atoms with Crippen molar-refractivity contribution in [3.63, 3.8) is 0 Å². The molecule has 10 heteroatoms. The number of amides is 2. The van der Waals surface area contributed by atoms with E-state index < -0.39 is 15.9 Å². The molecule has 0 radical (unpaired) electrons. The maximum absolute atomic E-state index is 12.4. The number of thiazole rings is 1. The van der Waals surface area contributed by atoms with Crippen molar-refractivity contribution in [2.45, 2.75) is 52.0 Å². The summed E-state index contributed by atoms with van der Waals surface area (Å²) in [6, 6.07) is -0.462. The Bertz CT molecular complexity index is 875. The van der Waals surface area contributed by atoms with Crippen molar-refractivity contribution >= 4 is 38.7 Å². The van der Waals surface area contributed by atoms with E-state index in [2.05, 4.69) is 22.3 Å². The predicted molar refractivity (Wildman–Crippen MR) is 104 cm³/mol. The highest BCUT2D eigenvalue weighted by Crippen LogP contribution is 2.22. The SMILES string of the molecule is CCc1nc(CCNC(=O)C2=NN(C3CCS(=O)(=O)C3)C(=O)CC2)sc1C. The van der Waals surface area contributed by atoms with Gasteiger partial charge in [0.2, 0.25) is 5.91 Å². The van der Waals surface area contributed by atoms with Gasteiger partial charge in [-0.15, -0.1) is 11.3 Å². The van der Waals surface area contributed by atoms with E-state index in [9.17, 15) is 18.0 Å². The fourth-order valence-corrected chi connectivity index (χ4v) is 6.01. The molecule has 1 aromatic rings. The normalized spacial score (nSPS) is 22.0. The van der Waals surface area contributed by atoms with E-state index in [0.717, 1.165) is 17.1 Å². The third kappa shape index (κ3) is 4.73. The first-order chi connectivity index (χ1) is 12.8. The van der Waals surface area contributed by atoms with E-state index in [1.165, 1.54) is 9.89 Å². The summed E-state index contributed by atoms with van der Waals surface area (Å²) in [4.78, 5) is 30.3. The lowest BCUT2D eigenvalue weighted by Gasteiger charge is -2.27. The molecule has 1 unspecified atom stereocenters. The second kappa shape index (κ2) is 8.05. The number of carbonyl (C=O) groups is 2. The molecule has 27 heavy (non-hydrogen) atoms. The number of hydrogen-bond donors (Lipinski definition) is 1. The number of aromatic nitrogens is 1. The van der Waals surface area contributed by atoms with Gasteiger partial charge in [-0.2, -0.15) is 5.10 Å². The lowest BCUT2D eigenvalue weighted by Crippen LogP contribution is -2.44. The van der Waals surface area contributed by atoms with Crippen LogP contribution >= 0.6 is 11.3 Å². The molecule has 2 amide bonds. The Morgan fingerprint density at radius 3 is 2.78 bits per heavy atom. The first-order valence-electron chi connectivity index (χ1n) is 9.12. The minimum absolute atomic E-state index is 0.0610. The van der Waals surface area contributed by atoms with Gasteiger partial charge >= 0.3 is 0 Å². The van der Waals surface area contributed by atoms with E-state index in [4.69, 9.17) is 0 Å². The number of rotatable bonds is 6. The van der Waals surface area contributed by atoms with Crippen molar-refractivity contribution in [3.8, 4) is 0 Å². The van der Waals surface area contributed by atoms with Crippen molar-refractivity contribution in [3.05, 3.63) is 15.6 Å². The van der Waals surface area contributed by atoms with Crippen LogP contribution in [0, 0.1) is 6.92 Å². The predicted octanol–water partition coefficient (Wildman–Crippen LogP) is 0.838. The standard InChI is InChI=1S/C17H24N4O4S2/c1-3-13-11(2)26-15(19-13)6-8-18-17(23)14-4-5-16(22)21(20-14)12-7-9-27(24,25)10-12/h12H,3-10H2,1-2H3,(H,18,23). The van der Waals surface area contributed by atoms with Crippen LogP contribution in [0.1, 0.15) is 41.8 Å². The third-order valence-corrected chi connectivity index (χ3v) is 7.60. The van der Waals surface area contributed by atoms with Crippen molar-refractivity contribution in [2.75, 3.05) is 18.1 Å². The van der Waals surface area contributed by atoms with Gasteiger partial charge in [-0.1, -0.05) is 6.92 Å². The molecule has 0 bridgehead atoms. The van der Waals surface area contributed by atoms with E-state index >= 15 is 0 Å². The number of nitrogens with one attached hydrogen (secondary N) is 1. The average molecular weight is 413 g/mol. The lowest BCUT2D eigenvalue weighted by molar-refractivity contribution is -0.133. The largest absolute Gasteiger partial charge is 0.351 e. The monoisotopic (exact) mass is 412 g/mol. The zero-order valence-electron chi connectivity index (χ0n) is 15.5. The zero-order chi connectivity index (χ0) is 19.6. The summed E-state index contributed by atoms with van der Waals surface area (Å²) in [5.41, 5.74) is 1.38. The summed E-state index contributed by atoms with van der Waals surface area (Å²) in [5.74, 6) is -0.553. The Hall–Kier alpha value is -1.81. The molecule has 148 valence electrons. The maximum atomic E-state index is 12.4. The summed E-state index contributed by atoms with van der Waals surface area (Å²) >= 11 is 1.64. The Morgan fingerprint density at radius 1 is 1.37 bits per heavy atom. The van der Waals surface area contributed by atoms with Crippen LogP contribution in [0.3, 0.4) is 0 Å². The average Bonchev–Trinajstić information content (AvgIpc) is 3.16. The fraction of sp³-hybridized carbons (Fsp3) is 0.647. The quantitative estimate of drug-likeness (QED) is 0.745. The van der Waals surface area contributed by atoms with Gasteiger partial charge in [0.1, 0.15) is 5.71 Å². The van der Waals surface area contributed by atoms with E-state index in [1.54, 1.807) is 11.3 Å². The molecule has 1 atom stereocenters. The highest BCUT2D eigenvalue weighted by atomic mass is 32.2. The van der Waals surface area contributed by atoms with Crippen molar-refractivity contribution in [1.29, 1.82) is 0 Å². The molecule has 0 aromatic carbocycles. The van der Waals surface area contributed by atoms with Gasteiger partial charge in [-0.05, 0) is 19.8 Å². The van der Waals surface area contributed by atoms with Crippen molar-refractivity contribution < 1.29 is 18.0 Å². The van der Waals surface area contributed by atoms with Gasteiger partial charge < -0.3 is 5.32 Å². The Labute approximate surface area is 163 Å². The number of sulfone groups is 1. The third-order valence-electron chi connectivity index (χ3n) is 4.77. The minimum Gasteiger partial charge on any atom is -0.351 e. The fourth-order valence-electron chi connectivity index (χ4n) is 3.30. The van der Waals surface area contributed by atoms with Gasteiger partial charge in [0.15, 0.2) is 9.84 Å². The topological polar surface area (TPSA) is 109 Å². The van der Waals surface area contributed by atoms with Crippen LogP contribution in [-0.2, 0) is 32.3 Å². The first kappa shape index (κ1) is 19.9. The highest BCUT2D eigenvalue weighted by Gasteiger charge is 2.37. The first-order valence-corrected chi connectivity index (χ1v) is 11.8. The number of carbonyl (C=O) groups excluding carboxylic acids is 2. The summed E-state index contributed by atoms with van der Waals surface area (Å²) < 4.78 is 23.3. The highest BCUT2D eigenvalue weighted by molar-refractivity contribution is 7.91. The number of aryl methyl sites for hydroxylation is 2. The van der Waals surface area contributed by atoms with E-state index in [-0.39, 0.29) is 41.9 Å². The van der Waals surface area contributed by atoms with E-state index in [0.29, 0.717) is 19.4 Å². The molecule has 1 N–H and O–H groups in total. The lowest BCUT2D eigenvalue weighted by atomic mass is 10.1. The Balaban J connectivity index is 1.58. The molecular weight excluding hydrogens is 388 g/mol. The van der Waals surface area contributed by atoms with Gasteiger partial charge in [0.05, 0.1) is 28.2 Å². The molecule has 1 fully saturated rings. The Kier molecular flexibility index (Phi) is 5.95. The summed E-state index contributed by atoms with van der Waals surface area (Å²) in [5, 5.41) is 9.21. The van der Waals surface area contributed by atoms with Crippen LogP contribution in [0.4, 0.5) is 0 Å². The molecule has 8 nitrogen and oxygen atoms in total. The van der Waals surface area contributed by atoms with Gasteiger partial charge in [0, 0.05) is 30.7 Å². The van der Waals surface area contributed by atoms with Gasteiger partial charge in [0.25, 0.3) is 5.91 Å². The van der Waals surface area contributed by atoms with Crippen LogP contribution in [0.25, 0.3) is 0 Å². The van der Waals surface area contributed by atoms with Crippen molar-refractivity contribution in [1.82, 2.24) is 15.3 Å². The summed E-state index contributed by atoms with van der Waals surface area (Å²) in [7, 11) is -3.12. The molecular formula is C17H24N4O4S2. The molecule has 1 saturated heterocycles. The smallest absolute Gasteiger partial charge is 0.267 e. The maximum Gasteiger partial charge on any atom is 0.267 e.